The molecule has 3 aromatic heterocycles. The number of amides is 1. The van der Waals surface area contributed by atoms with Crippen LogP contribution in [0.3, 0.4) is 0 Å². The fraction of sp³-hybridized carbons (Fsp3) is 0.231. The van der Waals surface area contributed by atoms with Crippen molar-refractivity contribution in [2.75, 3.05) is 11.9 Å². The predicted octanol–water partition coefficient (Wildman–Crippen LogP) is 4.57. The lowest BCUT2D eigenvalue weighted by Crippen LogP contribution is -2.20. The summed E-state index contributed by atoms with van der Waals surface area (Å²) in [7, 11) is 0. The first kappa shape index (κ1) is 20.4. The van der Waals surface area contributed by atoms with E-state index < -0.39 is 0 Å². The van der Waals surface area contributed by atoms with E-state index in [4.69, 9.17) is 9.47 Å². The highest BCUT2D eigenvalue weighted by Gasteiger charge is 2.25. The molecule has 8 heteroatoms. The van der Waals surface area contributed by atoms with E-state index in [0.717, 1.165) is 51.8 Å². The van der Waals surface area contributed by atoms with Gasteiger partial charge in [0.1, 0.15) is 28.9 Å². The van der Waals surface area contributed by atoms with Gasteiger partial charge in [-0.05, 0) is 61.7 Å². The lowest BCUT2D eigenvalue weighted by molar-refractivity contribution is -0.116. The van der Waals surface area contributed by atoms with Crippen molar-refractivity contribution >= 4 is 11.7 Å². The number of anilines is 1. The number of nitrogens with one attached hydrogen (secondary N) is 2. The molecule has 5 heterocycles. The third-order valence-electron chi connectivity index (χ3n) is 6.32. The molecule has 0 bridgehead atoms. The van der Waals surface area contributed by atoms with Crippen LogP contribution < -0.4 is 14.8 Å². The minimum atomic E-state index is -0.0195. The zero-order valence-electron chi connectivity index (χ0n) is 18.7. The molecule has 170 valence electrons. The maximum absolute atomic E-state index is 11.7. The fourth-order valence-corrected chi connectivity index (χ4v) is 4.54. The van der Waals surface area contributed by atoms with Gasteiger partial charge in [-0.2, -0.15) is 0 Å². The molecule has 1 atom stereocenters. The van der Waals surface area contributed by atoms with Crippen molar-refractivity contribution in [2.45, 2.75) is 32.1 Å². The molecule has 2 aliphatic rings. The van der Waals surface area contributed by atoms with Crippen LogP contribution in [0.15, 0.2) is 55.0 Å². The number of aromatic amines is 1. The third kappa shape index (κ3) is 3.77. The number of aryl methyl sites for hydroxylation is 1. The molecule has 2 N–H and O–H groups in total. The van der Waals surface area contributed by atoms with E-state index >= 15 is 0 Å². The third-order valence-corrected chi connectivity index (χ3v) is 6.32. The Morgan fingerprint density at radius 3 is 2.94 bits per heavy atom. The van der Waals surface area contributed by atoms with Gasteiger partial charge in [0.05, 0.1) is 24.4 Å². The Bertz CT molecular complexity index is 1400. The Kier molecular flexibility index (Phi) is 4.98. The number of ether oxygens (including phenoxy) is 2. The number of H-pyrrole nitrogens is 1. The van der Waals surface area contributed by atoms with Crippen LogP contribution in [0.5, 0.6) is 17.2 Å². The Balaban J connectivity index is 1.23. The van der Waals surface area contributed by atoms with Gasteiger partial charge in [-0.25, -0.2) is 9.97 Å². The molecule has 4 aromatic rings. The molecule has 2 aliphatic heterocycles. The monoisotopic (exact) mass is 453 g/mol. The minimum Gasteiger partial charge on any atom is -0.493 e. The molecule has 0 aliphatic carbocycles. The summed E-state index contributed by atoms with van der Waals surface area (Å²) in [5, 5.41) is 2.81. The molecule has 0 saturated heterocycles. The Morgan fingerprint density at radius 1 is 1.09 bits per heavy atom. The average Bonchev–Trinajstić information content (AvgIpc) is 3.34. The second-order valence-corrected chi connectivity index (χ2v) is 8.59. The molecule has 0 saturated carbocycles. The smallest absolute Gasteiger partial charge is 0.225 e. The van der Waals surface area contributed by atoms with Crippen LogP contribution in [0, 0.1) is 6.92 Å². The van der Waals surface area contributed by atoms with Crippen molar-refractivity contribution in [3.05, 3.63) is 77.6 Å². The van der Waals surface area contributed by atoms with Crippen LogP contribution in [0.1, 0.15) is 35.0 Å². The van der Waals surface area contributed by atoms with Crippen LogP contribution in [0.25, 0.3) is 11.3 Å². The molecule has 1 aromatic carbocycles. The average molecular weight is 454 g/mol. The van der Waals surface area contributed by atoms with Crippen molar-refractivity contribution in [1.82, 2.24) is 19.9 Å². The van der Waals surface area contributed by atoms with Gasteiger partial charge in [0, 0.05) is 35.6 Å². The second kappa shape index (κ2) is 8.30. The topological polar surface area (TPSA) is 102 Å². The molecular weight excluding hydrogens is 430 g/mol. The highest BCUT2D eigenvalue weighted by molar-refractivity contribution is 5.93. The fourth-order valence-electron chi connectivity index (χ4n) is 4.54. The van der Waals surface area contributed by atoms with Crippen LogP contribution >= 0.6 is 0 Å². The van der Waals surface area contributed by atoms with Gasteiger partial charge in [-0.15, -0.1) is 0 Å². The summed E-state index contributed by atoms with van der Waals surface area (Å²) in [6.07, 6.45) is 7.13. The molecule has 0 fully saturated rings. The standard InChI is InChI=1S/C26H23N5O3/c1-15-19(3-2-9-27-15)21-13-29-25(30-21)17-11-16-12-18(4-6-22(16)33-14-17)34-23-8-10-28-26-20(23)5-7-24(32)31-26/h2-4,6,8-10,12-13,17H,5,7,11,14H2,1H3,(H,29,30)(H,28,31,32). The number of imidazole rings is 1. The largest absolute Gasteiger partial charge is 0.493 e. The first-order valence-corrected chi connectivity index (χ1v) is 11.3. The number of carbonyl (C=O) groups excluding carboxylic acids is 1. The molecule has 1 unspecified atom stereocenters. The minimum absolute atomic E-state index is 0.0195. The summed E-state index contributed by atoms with van der Waals surface area (Å²) in [5.41, 5.74) is 4.95. The van der Waals surface area contributed by atoms with E-state index in [1.165, 1.54) is 0 Å². The number of benzene rings is 1. The SMILES string of the molecule is Cc1ncccc1-c1cnc(C2COc3ccc(Oc4ccnc5c4CCC(=O)N5)cc3C2)[nH]1. The Morgan fingerprint density at radius 2 is 2.03 bits per heavy atom. The van der Waals surface area contributed by atoms with Gasteiger partial charge >= 0.3 is 0 Å². The van der Waals surface area contributed by atoms with Crippen LogP contribution in [-0.2, 0) is 17.6 Å². The molecule has 34 heavy (non-hydrogen) atoms. The van der Waals surface area contributed by atoms with Crippen molar-refractivity contribution in [3.8, 4) is 28.5 Å². The highest BCUT2D eigenvalue weighted by atomic mass is 16.5. The van der Waals surface area contributed by atoms with Crippen molar-refractivity contribution < 1.29 is 14.3 Å². The summed E-state index contributed by atoms with van der Waals surface area (Å²) < 4.78 is 12.3. The summed E-state index contributed by atoms with van der Waals surface area (Å²) in [5.74, 6) is 3.86. The van der Waals surface area contributed by atoms with E-state index in [0.29, 0.717) is 31.0 Å². The van der Waals surface area contributed by atoms with Gasteiger partial charge in [0.25, 0.3) is 0 Å². The van der Waals surface area contributed by atoms with Crippen molar-refractivity contribution in [2.24, 2.45) is 0 Å². The van der Waals surface area contributed by atoms with E-state index in [1.807, 2.05) is 49.5 Å². The lowest BCUT2D eigenvalue weighted by atomic mass is 9.96. The van der Waals surface area contributed by atoms with Gasteiger partial charge in [0.2, 0.25) is 5.91 Å². The number of fused-ring (bicyclic) bond motifs is 2. The summed E-state index contributed by atoms with van der Waals surface area (Å²) in [6, 6.07) is 11.7. The van der Waals surface area contributed by atoms with Gasteiger partial charge in [-0.3, -0.25) is 9.78 Å². The normalized spacial score (nSPS) is 16.7. The van der Waals surface area contributed by atoms with E-state index in [2.05, 4.69) is 25.3 Å². The first-order valence-electron chi connectivity index (χ1n) is 11.3. The highest BCUT2D eigenvalue weighted by Crippen LogP contribution is 2.37. The quantitative estimate of drug-likeness (QED) is 0.469. The molecule has 1 amide bonds. The summed E-state index contributed by atoms with van der Waals surface area (Å²) in [4.78, 5) is 28.4. The molecule has 8 nitrogen and oxygen atoms in total. The van der Waals surface area contributed by atoms with Gasteiger partial charge in [-0.1, -0.05) is 0 Å². The molecule has 0 spiro atoms. The number of hydrogen-bond acceptors (Lipinski definition) is 6. The molecular formula is C26H23N5O3. The maximum atomic E-state index is 11.7. The number of nitrogens with zero attached hydrogens (tertiary/aromatic N) is 3. The maximum Gasteiger partial charge on any atom is 0.225 e. The zero-order valence-corrected chi connectivity index (χ0v) is 18.7. The van der Waals surface area contributed by atoms with Gasteiger partial charge < -0.3 is 19.8 Å². The predicted molar refractivity (Wildman–Crippen MR) is 126 cm³/mol. The molecule has 0 radical (unpaired) electrons. The number of pyridine rings is 2. The Hall–Kier alpha value is -4.20. The van der Waals surface area contributed by atoms with Crippen LogP contribution in [0.4, 0.5) is 5.82 Å². The molecule has 6 rings (SSSR count). The zero-order chi connectivity index (χ0) is 23.1. The number of rotatable bonds is 4. The number of carbonyl (C=O) groups is 1. The number of aromatic nitrogens is 4. The second-order valence-electron chi connectivity index (χ2n) is 8.59. The summed E-state index contributed by atoms with van der Waals surface area (Å²) in [6.45, 7) is 2.55. The van der Waals surface area contributed by atoms with Crippen LogP contribution in [-0.4, -0.2) is 32.4 Å². The van der Waals surface area contributed by atoms with Crippen molar-refractivity contribution in [3.63, 3.8) is 0 Å². The summed E-state index contributed by atoms with van der Waals surface area (Å²) >= 11 is 0. The Labute approximate surface area is 196 Å². The first-order chi connectivity index (χ1) is 16.6. The van der Waals surface area contributed by atoms with Crippen LogP contribution in [0.2, 0.25) is 0 Å². The lowest BCUT2D eigenvalue weighted by Gasteiger charge is -2.25. The van der Waals surface area contributed by atoms with E-state index in [9.17, 15) is 4.79 Å². The van der Waals surface area contributed by atoms with Crippen molar-refractivity contribution in [1.29, 1.82) is 0 Å². The van der Waals surface area contributed by atoms with Gasteiger partial charge in [0.15, 0.2) is 0 Å². The number of hydrogen-bond donors (Lipinski definition) is 2. The van der Waals surface area contributed by atoms with E-state index in [-0.39, 0.29) is 11.8 Å². The van der Waals surface area contributed by atoms with E-state index in [1.54, 1.807) is 12.4 Å².